The van der Waals surface area contributed by atoms with Crippen molar-refractivity contribution in [3.8, 4) is 5.69 Å². The molecular weight excluding hydrogens is 520 g/mol. The maximum absolute atomic E-state index is 14.4. The maximum atomic E-state index is 14.4. The van der Waals surface area contributed by atoms with Gasteiger partial charge in [-0.25, -0.2) is 8.78 Å². The lowest BCUT2D eigenvalue weighted by molar-refractivity contribution is 0.102. The van der Waals surface area contributed by atoms with E-state index in [0.29, 0.717) is 36.7 Å². The SMILES string of the molecule is CC1(C)CN(c2c(NC(=O)c3ccc(=O)n(-c4c(F)cccc4F)n3)ccc3c2cnn3[C@H]2CCOC2)C[C@@H]1N. The Morgan fingerprint density at radius 3 is 2.58 bits per heavy atom. The summed E-state index contributed by atoms with van der Waals surface area (Å²) in [5.74, 6) is -2.60. The summed E-state index contributed by atoms with van der Waals surface area (Å²) < 4.78 is 36.9. The van der Waals surface area contributed by atoms with Gasteiger partial charge < -0.3 is 20.7 Å². The molecule has 2 aliphatic rings. The summed E-state index contributed by atoms with van der Waals surface area (Å²) in [6.07, 6.45) is 2.64. The molecular formula is C28H29F2N7O3. The molecule has 0 bridgehead atoms. The first-order valence-electron chi connectivity index (χ1n) is 13.1. The smallest absolute Gasteiger partial charge is 0.276 e. The van der Waals surface area contributed by atoms with Crippen LogP contribution >= 0.6 is 0 Å². The number of ether oxygens (including phenoxy) is 1. The Morgan fingerprint density at radius 2 is 1.90 bits per heavy atom. The molecule has 0 unspecified atom stereocenters. The number of fused-ring (bicyclic) bond motifs is 1. The first-order valence-corrected chi connectivity index (χ1v) is 13.1. The topological polar surface area (TPSA) is 120 Å². The van der Waals surface area contributed by atoms with E-state index in [-0.39, 0.29) is 23.2 Å². The van der Waals surface area contributed by atoms with E-state index in [4.69, 9.17) is 10.5 Å². The molecule has 2 atom stereocenters. The van der Waals surface area contributed by atoms with Crippen LogP contribution in [0.2, 0.25) is 0 Å². The fraction of sp³-hybridized carbons (Fsp3) is 0.357. The summed E-state index contributed by atoms with van der Waals surface area (Å²) in [6, 6.07) is 9.20. The molecule has 40 heavy (non-hydrogen) atoms. The number of aromatic nitrogens is 4. The van der Waals surface area contributed by atoms with Crippen LogP contribution in [-0.2, 0) is 4.74 Å². The minimum absolute atomic E-state index is 0.0922. The largest absolute Gasteiger partial charge is 0.379 e. The molecule has 4 heterocycles. The highest BCUT2D eigenvalue weighted by Gasteiger charge is 2.39. The molecule has 10 nitrogen and oxygen atoms in total. The number of nitrogens with one attached hydrogen (secondary N) is 1. The van der Waals surface area contributed by atoms with Crippen molar-refractivity contribution in [2.75, 3.05) is 36.5 Å². The highest BCUT2D eigenvalue weighted by Crippen LogP contribution is 2.41. The van der Waals surface area contributed by atoms with Gasteiger partial charge in [-0.2, -0.15) is 14.9 Å². The molecule has 0 radical (unpaired) electrons. The molecule has 0 aliphatic carbocycles. The molecule has 4 aromatic rings. The second-order valence-electron chi connectivity index (χ2n) is 11.0. The van der Waals surface area contributed by atoms with Crippen LogP contribution < -0.4 is 21.5 Å². The molecule has 1 amide bonds. The number of benzene rings is 2. The summed E-state index contributed by atoms with van der Waals surface area (Å²) in [7, 11) is 0. The Hall–Kier alpha value is -4.16. The third kappa shape index (κ3) is 4.42. The van der Waals surface area contributed by atoms with Crippen LogP contribution in [0.15, 0.2) is 53.5 Å². The maximum Gasteiger partial charge on any atom is 0.276 e. The van der Waals surface area contributed by atoms with E-state index in [1.54, 1.807) is 12.3 Å². The second-order valence-corrected chi connectivity index (χ2v) is 11.0. The van der Waals surface area contributed by atoms with Crippen molar-refractivity contribution < 1.29 is 18.3 Å². The normalized spacial score (nSPS) is 20.4. The third-order valence-corrected chi connectivity index (χ3v) is 7.77. The molecule has 3 N–H and O–H groups in total. The fourth-order valence-corrected chi connectivity index (χ4v) is 5.45. The van der Waals surface area contributed by atoms with E-state index in [2.05, 4.69) is 34.3 Å². The molecule has 208 valence electrons. The number of nitrogens with two attached hydrogens (primary N) is 1. The number of carbonyl (C=O) groups excluding carboxylic acids is 1. The van der Waals surface area contributed by atoms with Crippen molar-refractivity contribution in [2.24, 2.45) is 11.1 Å². The van der Waals surface area contributed by atoms with E-state index in [0.717, 1.165) is 41.2 Å². The number of amides is 1. The van der Waals surface area contributed by atoms with Crippen LogP contribution in [0.25, 0.3) is 16.6 Å². The lowest BCUT2D eigenvalue weighted by atomic mass is 9.89. The number of hydrogen-bond donors (Lipinski definition) is 2. The van der Waals surface area contributed by atoms with Crippen LogP contribution in [0.4, 0.5) is 20.2 Å². The summed E-state index contributed by atoms with van der Waals surface area (Å²) in [5, 5.41) is 12.4. The van der Waals surface area contributed by atoms with Crippen LogP contribution in [0, 0.1) is 17.0 Å². The van der Waals surface area contributed by atoms with Gasteiger partial charge in [0, 0.05) is 37.2 Å². The van der Waals surface area contributed by atoms with Crippen LogP contribution in [0.5, 0.6) is 0 Å². The minimum Gasteiger partial charge on any atom is -0.379 e. The predicted molar refractivity (Wildman–Crippen MR) is 146 cm³/mol. The Balaban J connectivity index is 1.41. The van der Waals surface area contributed by atoms with Gasteiger partial charge in [0.1, 0.15) is 11.4 Å². The molecule has 2 fully saturated rings. The van der Waals surface area contributed by atoms with E-state index in [1.807, 2.05) is 10.7 Å². The second kappa shape index (κ2) is 9.79. The highest BCUT2D eigenvalue weighted by molar-refractivity contribution is 6.09. The number of rotatable bonds is 5. The molecule has 12 heteroatoms. The predicted octanol–water partition coefficient (Wildman–Crippen LogP) is 3.25. The summed E-state index contributed by atoms with van der Waals surface area (Å²) >= 11 is 0. The minimum atomic E-state index is -0.974. The molecule has 6 rings (SSSR count). The highest BCUT2D eigenvalue weighted by atomic mass is 19.1. The van der Waals surface area contributed by atoms with Crippen molar-refractivity contribution in [3.05, 3.63) is 76.3 Å². The molecule has 2 aromatic heterocycles. The van der Waals surface area contributed by atoms with Gasteiger partial charge in [-0.3, -0.25) is 14.3 Å². The molecule has 2 aliphatic heterocycles. The Labute approximate surface area is 228 Å². The quantitative estimate of drug-likeness (QED) is 0.392. The van der Waals surface area contributed by atoms with Crippen LogP contribution in [-0.4, -0.2) is 57.8 Å². The summed E-state index contributed by atoms with van der Waals surface area (Å²) in [6.45, 7) is 6.69. The zero-order valence-corrected chi connectivity index (χ0v) is 22.1. The third-order valence-electron chi connectivity index (χ3n) is 7.77. The Morgan fingerprint density at radius 1 is 1.12 bits per heavy atom. The molecule has 0 saturated carbocycles. The zero-order valence-electron chi connectivity index (χ0n) is 22.1. The van der Waals surface area contributed by atoms with E-state index < -0.39 is 28.8 Å². The van der Waals surface area contributed by atoms with Crippen molar-refractivity contribution in [1.29, 1.82) is 0 Å². The first kappa shape index (κ1) is 26.1. The van der Waals surface area contributed by atoms with E-state index in [1.165, 1.54) is 12.1 Å². The number of para-hydroxylation sites is 1. The number of hydrogen-bond acceptors (Lipinski definition) is 7. The summed E-state index contributed by atoms with van der Waals surface area (Å²) in [5.41, 5.74) is 6.86. The number of carbonyl (C=O) groups is 1. The average Bonchev–Trinajstić information content (AvgIpc) is 3.64. The van der Waals surface area contributed by atoms with Gasteiger partial charge in [0.15, 0.2) is 11.6 Å². The fourth-order valence-electron chi connectivity index (χ4n) is 5.45. The van der Waals surface area contributed by atoms with E-state index >= 15 is 0 Å². The van der Waals surface area contributed by atoms with Gasteiger partial charge in [-0.15, -0.1) is 0 Å². The zero-order chi connectivity index (χ0) is 28.2. The average molecular weight is 550 g/mol. The lowest BCUT2D eigenvalue weighted by Crippen LogP contribution is -2.35. The number of nitrogens with zero attached hydrogens (tertiary/aromatic N) is 5. The van der Waals surface area contributed by atoms with E-state index in [9.17, 15) is 18.4 Å². The Bertz CT molecular complexity index is 1660. The van der Waals surface area contributed by atoms with Gasteiger partial charge in [0.2, 0.25) is 0 Å². The van der Waals surface area contributed by atoms with Gasteiger partial charge in [0.25, 0.3) is 11.5 Å². The standard InChI is InChI=1S/C28H29F2N7O3/c1-28(2)15-35(13-23(28)31)25-17-12-32-36(16-10-11-40-14-16)22(17)8-6-20(25)33-27(39)21-7-9-24(38)37(34-21)26-18(29)4-3-5-19(26)30/h3-9,12,16,23H,10-11,13-15,31H2,1-2H3,(H,33,39)/t16-,23-/m0/s1. The van der Waals surface area contributed by atoms with Gasteiger partial charge in [0.05, 0.1) is 35.7 Å². The van der Waals surface area contributed by atoms with Crippen molar-refractivity contribution in [2.45, 2.75) is 32.4 Å². The number of halogens is 2. The van der Waals surface area contributed by atoms with Gasteiger partial charge in [-0.1, -0.05) is 19.9 Å². The molecule has 2 saturated heterocycles. The van der Waals surface area contributed by atoms with Crippen molar-refractivity contribution in [1.82, 2.24) is 19.6 Å². The Kier molecular flexibility index (Phi) is 6.38. The summed E-state index contributed by atoms with van der Waals surface area (Å²) in [4.78, 5) is 28.0. The lowest BCUT2D eigenvalue weighted by Gasteiger charge is -2.25. The number of anilines is 2. The molecule has 0 spiro atoms. The monoisotopic (exact) mass is 549 g/mol. The van der Waals surface area contributed by atoms with Gasteiger partial charge >= 0.3 is 0 Å². The van der Waals surface area contributed by atoms with Crippen molar-refractivity contribution >= 4 is 28.2 Å². The first-order chi connectivity index (χ1) is 19.1. The molecule has 2 aromatic carbocycles. The van der Waals surface area contributed by atoms with Crippen LogP contribution in [0.1, 0.15) is 36.8 Å². The van der Waals surface area contributed by atoms with Crippen LogP contribution in [0.3, 0.4) is 0 Å². The van der Waals surface area contributed by atoms with Gasteiger partial charge in [-0.05, 0) is 42.2 Å². The van der Waals surface area contributed by atoms with Crippen molar-refractivity contribution in [3.63, 3.8) is 0 Å².